The summed E-state index contributed by atoms with van der Waals surface area (Å²) in [7, 11) is 0. The first-order chi connectivity index (χ1) is 12.6. The third-order valence-electron chi connectivity index (χ3n) is 5.83. The molecule has 0 saturated carbocycles. The SMILES string of the molecule is CCC1(C)C(=O)N(CN2C(=O)N(CCO)C(C)(CC)C2=O)C(=O)N1CCO. The number of carbonyl (C=O) groups is 4. The Morgan fingerprint density at radius 1 is 0.741 bits per heavy atom. The Kier molecular flexibility index (Phi) is 5.81. The molecule has 0 bridgehead atoms. The van der Waals surface area contributed by atoms with Gasteiger partial charge in [0.05, 0.1) is 13.2 Å². The van der Waals surface area contributed by atoms with E-state index >= 15 is 0 Å². The Morgan fingerprint density at radius 2 is 1.07 bits per heavy atom. The zero-order valence-corrected chi connectivity index (χ0v) is 16.3. The van der Waals surface area contributed by atoms with Crippen LogP contribution in [0.25, 0.3) is 0 Å². The van der Waals surface area contributed by atoms with E-state index in [2.05, 4.69) is 0 Å². The van der Waals surface area contributed by atoms with Gasteiger partial charge in [0.25, 0.3) is 11.8 Å². The van der Waals surface area contributed by atoms with Gasteiger partial charge >= 0.3 is 12.1 Å². The predicted molar refractivity (Wildman–Crippen MR) is 94.3 cm³/mol. The Morgan fingerprint density at radius 3 is 1.33 bits per heavy atom. The van der Waals surface area contributed by atoms with Crippen LogP contribution in [0.2, 0.25) is 0 Å². The number of nitrogens with zero attached hydrogens (tertiary/aromatic N) is 4. The van der Waals surface area contributed by atoms with E-state index in [0.717, 1.165) is 9.80 Å². The molecule has 2 aliphatic rings. The first kappa shape index (κ1) is 21.1. The average Bonchev–Trinajstić information content (AvgIpc) is 2.94. The van der Waals surface area contributed by atoms with Gasteiger partial charge in [-0.2, -0.15) is 0 Å². The minimum atomic E-state index is -1.13. The van der Waals surface area contributed by atoms with Crippen LogP contribution in [0.1, 0.15) is 40.5 Å². The van der Waals surface area contributed by atoms with E-state index in [-0.39, 0.29) is 26.3 Å². The van der Waals surface area contributed by atoms with E-state index in [1.165, 1.54) is 9.80 Å². The molecule has 0 aromatic rings. The molecule has 0 spiro atoms. The number of β-amino-alcohol motifs (C(OH)–C–C–N with tert-alkyl or cyclic N) is 2. The summed E-state index contributed by atoms with van der Waals surface area (Å²) >= 11 is 0. The molecule has 2 heterocycles. The van der Waals surface area contributed by atoms with Crippen LogP contribution < -0.4 is 0 Å². The maximum Gasteiger partial charge on any atom is 0.329 e. The monoisotopic (exact) mass is 384 g/mol. The number of hydrogen-bond donors (Lipinski definition) is 2. The summed E-state index contributed by atoms with van der Waals surface area (Å²) in [5.41, 5.74) is -2.27. The highest BCUT2D eigenvalue weighted by Gasteiger charge is 2.57. The normalized spacial score (nSPS) is 29.0. The van der Waals surface area contributed by atoms with Crippen LogP contribution in [0.4, 0.5) is 9.59 Å². The number of hydrogen-bond acceptors (Lipinski definition) is 6. The number of imide groups is 2. The van der Waals surface area contributed by atoms with E-state index in [4.69, 9.17) is 0 Å². The van der Waals surface area contributed by atoms with Crippen molar-refractivity contribution >= 4 is 23.9 Å². The highest BCUT2D eigenvalue weighted by atomic mass is 16.3. The molecule has 0 aromatic carbocycles. The third kappa shape index (κ3) is 2.96. The maximum absolute atomic E-state index is 12.9. The molecule has 2 rings (SSSR count). The molecular weight excluding hydrogens is 356 g/mol. The third-order valence-corrected chi connectivity index (χ3v) is 5.83. The molecule has 0 radical (unpaired) electrons. The quantitative estimate of drug-likeness (QED) is 0.559. The van der Waals surface area contributed by atoms with Crippen LogP contribution in [0.5, 0.6) is 0 Å². The van der Waals surface area contributed by atoms with Crippen LogP contribution in [-0.2, 0) is 9.59 Å². The lowest BCUT2D eigenvalue weighted by atomic mass is 9.97. The highest BCUT2D eigenvalue weighted by molar-refractivity contribution is 6.10. The zero-order chi connectivity index (χ0) is 20.6. The number of amides is 6. The van der Waals surface area contributed by atoms with Crippen molar-refractivity contribution in [1.29, 1.82) is 0 Å². The summed E-state index contributed by atoms with van der Waals surface area (Å²) < 4.78 is 0. The van der Waals surface area contributed by atoms with Gasteiger partial charge in [0.2, 0.25) is 0 Å². The molecule has 2 fully saturated rings. The molecule has 152 valence electrons. The second-order valence-electron chi connectivity index (χ2n) is 7.18. The largest absolute Gasteiger partial charge is 0.395 e. The Balaban J connectivity index is 2.33. The van der Waals surface area contributed by atoms with Gasteiger partial charge in [0, 0.05) is 13.1 Å². The van der Waals surface area contributed by atoms with Gasteiger partial charge in [-0.25, -0.2) is 19.4 Å². The molecule has 2 N–H and O–H groups in total. The molecular formula is C17H28N4O6. The van der Waals surface area contributed by atoms with E-state index in [1.807, 2.05) is 0 Å². The Hall–Kier alpha value is -2.20. The highest BCUT2D eigenvalue weighted by Crippen LogP contribution is 2.34. The predicted octanol–water partition coefficient (Wildman–Crippen LogP) is -0.206. The smallest absolute Gasteiger partial charge is 0.329 e. The first-order valence-corrected chi connectivity index (χ1v) is 9.12. The molecule has 10 heteroatoms. The van der Waals surface area contributed by atoms with E-state index in [0.29, 0.717) is 12.8 Å². The van der Waals surface area contributed by atoms with E-state index in [9.17, 15) is 29.4 Å². The lowest BCUT2D eigenvalue weighted by Crippen LogP contribution is -2.48. The van der Waals surface area contributed by atoms with Gasteiger partial charge in [0.15, 0.2) is 0 Å². The summed E-state index contributed by atoms with van der Waals surface area (Å²) in [5.74, 6) is -1.02. The summed E-state index contributed by atoms with van der Waals surface area (Å²) in [4.78, 5) is 55.5. The first-order valence-electron chi connectivity index (χ1n) is 9.12. The molecule has 2 aliphatic heterocycles. The molecule has 2 saturated heterocycles. The van der Waals surface area contributed by atoms with Crippen LogP contribution >= 0.6 is 0 Å². The van der Waals surface area contributed by atoms with Crippen LogP contribution in [0.3, 0.4) is 0 Å². The topological polar surface area (TPSA) is 122 Å². The Labute approximate surface area is 158 Å². The maximum atomic E-state index is 12.9. The fourth-order valence-corrected chi connectivity index (χ4v) is 3.66. The number of rotatable bonds is 8. The number of urea groups is 2. The van der Waals surface area contributed by atoms with Crippen molar-refractivity contribution in [2.45, 2.75) is 51.6 Å². The van der Waals surface area contributed by atoms with Crippen LogP contribution in [-0.4, -0.2) is 97.7 Å². The summed E-state index contributed by atoms with van der Waals surface area (Å²) in [6.07, 6.45) is 0.665. The standard InChI is InChI=1S/C17H28N4O6/c1-5-16(3)12(24)18(14(26)20(16)7-9-22)11-19-13(25)17(4,6-2)21(8-10-23)15(19)27/h22-23H,5-11H2,1-4H3. The van der Waals surface area contributed by atoms with Gasteiger partial charge in [-0.15, -0.1) is 0 Å². The minimum absolute atomic E-state index is 0.0172. The fourth-order valence-electron chi connectivity index (χ4n) is 3.66. The van der Waals surface area contributed by atoms with Crippen molar-refractivity contribution in [2.24, 2.45) is 0 Å². The van der Waals surface area contributed by atoms with Crippen molar-refractivity contribution in [2.75, 3.05) is 33.0 Å². The van der Waals surface area contributed by atoms with Gasteiger partial charge < -0.3 is 20.0 Å². The van der Waals surface area contributed by atoms with Crippen molar-refractivity contribution in [1.82, 2.24) is 19.6 Å². The summed E-state index contributed by atoms with van der Waals surface area (Å²) in [6, 6.07) is -1.28. The molecule has 2 atom stereocenters. The molecule has 6 amide bonds. The zero-order valence-electron chi connectivity index (χ0n) is 16.3. The van der Waals surface area contributed by atoms with Gasteiger partial charge in [-0.3, -0.25) is 9.59 Å². The molecule has 0 aliphatic carbocycles. The van der Waals surface area contributed by atoms with Crippen LogP contribution in [0, 0.1) is 0 Å². The number of aliphatic hydroxyl groups is 2. The lowest BCUT2D eigenvalue weighted by molar-refractivity contribution is -0.137. The van der Waals surface area contributed by atoms with Crippen molar-refractivity contribution in [3.63, 3.8) is 0 Å². The second-order valence-corrected chi connectivity index (χ2v) is 7.18. The average molecular weight is 384 g/mol. The lowest BCUT2D eigenvalue weighted by Gasteiger charge is -2.29. The fraction of sp³-hybridized carbons (Fsp3) is 0.765. The molecule has 0 aromatic heterocycles. The number of aliphatic hydroxyl groups excluding tert-OH is 2. The van der Waals surface area contributed by atoms with Gasteiger partial charge in [-0.1, -0.05) is 13.8 Å². The second kappa shape index (κ2) is 7.43. The summed E-state index contributed by atoms with van der Waals surface area (Å²) in [5, 5.41) is 18.5. The van der Waals surface area contributed by atoms with Crippen molar-refractivity contribution in [3.8, 4) is 0 Å². The van der Waals surface area contributed by atoms with E-state index in [1.54, 1.807) is 27.7 Å². The summed E-state index contributed by atoms with van der Waals surface area (Å²) in [6.45, 7) is 5.59. The van der Waals surface area contributed by atoms with Crippen LogP contribution in [0.15, 0.2) is 0 Å². The van der Waals surface area contributed by atoms with Crippen molar-refractivity contribution in [3.05, 3.63) is 0 Å². The molecule has 2 unspecified atom stereocenters. The van der Waals surface area contributed by atoms with Gasteiger partial charge in [-0.05, 0) is 26.7 Å². The van der Waals surface area contributed by atoms with E-state index < -0.39 is 41.6 Å². The van der Waals surface area contributed by atoms with Gasteiger partial charge in [0.1, 0.15) is 17.7 Å². The van der Waals surface area contributed by atoms with Crippen molar-refractivity contribution < 1.29 is 29.4 Å². The molecule has 10 nitrogen and oxygen atoms in total. The molecule has 27 heavy (non-hydrogen) atoms. The Bertz CT molecular complexity index is 601. The minimum Gasteiger partial charge on any atom is -0.395 e. The number of carbonyl (C=O) groups excluding carboxylic acids is 4.